The fourth-order valence-electron chi connectivity index (χ4n) is 1.61. The maximum absolute atomic E-state index is 11.6. The van der Waals surface area contributed by atoms with Crippen molar-refractivity contribution in [3.8, 4) is 5.75 Å². The van der Waals surface area contributed by atoms with Crippen LogP contribution in [0.1, 0.15) is 19.4 Å². The smallest absolute Gasteiger partial charge is 0.311 e. The van der Waals surface area contributed by atoms with E-state index < -0.39 is 10.5 Å². The molecular formula is C14H21N3O4S. The number of nitro groups is 1. The van der Waals surface area contributed by atoms with E-state index in [0.29, 0.717) is 12.3 Å². The molecule has 122 valence electrons. The average Bonchev–Trinajstić information content (AvgIpc) is 2.44. The minimum atomic E-state index is -0.483. The van der Waals surface area contributed by atoms with E-state index in [-0.39, 0.29) is 23.1 Å². The second-order valence-electron chi connectivity index (χ2n) is 5.52. The highest BCUT2D eigenvalue weighted by Gasteiger charge is 2.15. The summed E-state index contributed by atoms with van der Waals surface area (Å²) in [6, 6.07) is 4.78. The van der Waals surface area contributed by atoms with Crippen LogP contribution in [0.3, 0.4) is 0 Å². The highest BCUT2D eigenvalue weighted by atomic mass is 32.2. The van der Waals surface area contributed by atoms with Gasteiger partial charge in [0.25, 0.3) is 0 Å². The summed E-state index contributed by atoms with van der Waals surface area (Å²) in [5.41, 5.74) is 6.02. The lowest BCUT2D eigenvalue weighted by atomic mass is 10.1. The van der Waals surface area contributed by atoms with Crippen LogP contribution in [-0.4, -0.2) is 35.8 Å². The van der Waals surface area contributed by atoms with Crippen molar-refractivity contribution in [3.05, 3.63) is 33.9 Å². The van der Waals surface area contributed by atoms with E-state index in [9.17, 15) is 14.9 Å². The number of nitrogens with two attached hydrogens (primary N) is 1. The van der Waals surface area contributed by atoms with E-state index in [4.69, 9.17) is 10.5 Å². The number of methoxy groups -OCH3 is 1. The number of amides is 1. The highest BCUT2D eigenvalue weighted by Crippen LogP contribution is 2.28. The maximum atomic E-state index is 11.6. The minimum absolute atomic E-state index is 0.0741. The van der Waals surface area contributed by atoms with Gasteiger partial charge in [-0.15, -0.1) is 11.8 Å². The first-order chi connectivity index (χ1) is 10.2. The van der Waals surface area contributed by atoms with Crippen molar-refractivity contribution < 1.29 is 14.5 Å². The van der Waals surface area contributed by atoms with Crippen LogP contribution in [0, 0.1) is 10.1 Å². The van der Waals surface area contributed by atoms with Gasteiger partial charge < -0.3 is 15.8 Å². The predicted octanol–water partition coefficient (Wildman–Crippen LogP) is 1.69. The lowest BCUT2D eigenvalue weighted by Gasteiger charge is -2.18. The number of rotatable bonds is 8. The molecule has 8 heteroatoms. The number of thioether (sulfide) groups is 1. The summed E-state index contributed by atoms with van der Waals surface area (Å²) in [6.07, 6.45) is 0. The SMILES string of the molecule is COc1ccc(CSCC(=O)NCC(C)(C)N)cc1[N+](=O)[O-]. The summed E-state index contributed by atoms with van der Waals surface area (Å²) in [7, 11) is 1.39. The Morgan fingerprint density at radius 1 is 1.50 bits per heavy atom. The van der Waals surface area contributed by atoms with E-state index in [1.165, 1.54) is 24.9 Å². The zero-order valence-corrected chi connectivity index (χ0v) is 13.7. The Hall–Kier alpha value is -1.80. The van der Waals surface area contributed by atoms with E-state index in [2.05, 4.69) is 5.32 Å². The molecule has 0 aliphatic rings. The number of ether oxygens (including phenoxy) is 1. The minimum Gasteiger partial charge on any atom is -0.490 e. The molecule has 1 aromatic carbocycles. The van der Waals surface area contributed by atoms with Crippen LogP contribution >= 0.6 is 11.8 Å². The Morgan fingerprint density at radius 2 is 2.18 bits per heavy atom. The Bertz CT molecular complexity index is 543. The molecule has 0 radical (unpaired) electrons. The maximum Gasteiger partial charge on any atom is 0.311 e. The molecule has 0 bridgehead atoms. The van der Waals surface area contributed by atoms with Gasteiger partial charge in [0.05, 0.1) is 17.8 Å². The molecule has 0 aliphatic carbocycles. The van der Waals surface area contributed by atoms with Gasteiger partial charge in [-0.25, -0.2) is 0 Å². The van der Waals surface area contributed by atoms with E-state index in [1.807, 2.05) is 13.8 Å². The summed E-state index contributed by atoms with van der Waals surface area (Å²) < 4.78 is 4.94. The standard InChI is InChI=1S/C14H21N3O4S/c1-14(2,15)9-16-13(18)8-22-7-10-4-5-12(21-3)11(6-10)17(19)20/h4-6H,7-9,15H2,1-3H3,(H,16,18). The Morgan fingerprint density at radius 3 is 2.73 bits per heavy atom. The Balaban J connectivity index is 2.50. The van der Waals surface area contributed by atoms with Gasteiger partial charge in [0.1, 0.15) is 0 Å². The molecule has 1 amide bonds. The van der Waals surface area contributed by atoms with Crippen molar-refractivity contribution in [2.24, 2.45) is 5.73 Å². The van der Waals surface area contributed by atoms with E-state index in [1.54, 1.807) is 12.1 Å². The molecule has 0 fully saturated rings. The van der Waals surface area contributed by atoms with Crippen LogP contribution in [0.15, 0.2) is 18.2 Å². The van der Waals surface area contributed by atoms with Gasteiger partial charge >= 0.3 is 5.69 Å². The van der Waals surface area contributed by atoms with Gasteiger partial charge in [0.15, 0.2) is 5.75 Å². The first-order valence-electron chi connectivity index (χ1n) is 6.67. The molecule has 7 nitrogen and oxygen atoms in total. The molecule has 0 atom stereocenters. The molecule has 3 N–H and O–H groups in total. The number of nitro benzene ring substituents is 1. The molecule has 0 spiro atoms. The van der Waals surface area contributed by atoms with Crippen molar-refractivity contribution in [3.63, 3.8) is 0 Å². The van der Waals surface area contributed by atoms with E-state index >= 15 is 0 Å². The molecular weight excluding hydrogens is 306 g/mol. The number of carbonyl (C=O) groups excluding carboxylic acids is 1. The molecule has 0 aliphatic heterocycles. The van der Waals surface area contributed by atoms with Crippen molar-refractivity contribution in [1.29, 1.82) is 0 Å². The van der Waals surface area contributed by atoms with Gasteiger partial charge in [0.2, 0.25) is 5.91 Å². The second kappa shape index (κ2) is 8.00. The molecule has 0 heterocycles. The van der Waals surface area contributed by atoms with Crippen molar-refractivity contribution in [2.45, 2.75) is 25.1 Å². The number of hydrogen-bond acceptors (Lipinski definition) is 6. The largest absolute Gasteiger partial charge is 0.490 e. The summed E-state index contributed by atoms with van der Waals surface area (Å²) in [4.78, 5) is 22.1. The summed E-state index contributed by atoms with van der Waals surface area (Å²) in [6.45, 7) is 4.06. The van der Waals surface area contributed by atoms with Crippen molar-refractivity contribution in [1.82, 2.24) is 5.32 Å². The fraction of sp³-hybridized carbons (Fsp3) is 0.500. The third-order valence-corrected chi connectivity index (χ3v) is 3.69. The third-order valence-electron chi connectivity index (χ3n) is 2.68. The van der Waals surface area contributed by atoms with Crippen molar-refractivity contribution in [2.75, 3.05) is 19.4 Å². The fourth-order valence-corrected chi connectivity index (χ4v) is 2.41. The summed E-state index contributed by atoms with van der Waals surface area (Å²) in [5, 5.41) is 13.7. The summed E-state index contributed by atoms with van der Waals surface area (Å²) in [5.74, 6) is 0.897. The second-order valence-corrected chi connectivity index (χ2v) is 6.51. The van der Waals surface area contributed by atoms with Crippen LogP contribution in [0.2, 0.25) is 0 Å². The quantitative estimate of drug-likeness (QED) is 0.556. The topological polar surface area (TPSA) is 107 Å². The first kappa shape index (κ1) is 18.2. The lowest BCUT2D eigenvalue weighted by Crippen LogP contribution is -2.45. The zero-order valence-electron chi connectivity index (χ0n) is 12.9. The van der Waals surface area contributed by atoms with Crippen LogP contribution in [0.5, 0.6) is 5.75 Å². The van der Waals surface area contributed by atoms with Gasteiger partial charge in [0, 0.05) is 23.9 Å². The van der Waals surface area contributed by atoms with Gasteiger partial charge in [-0.3, -0.25) is 14.9 Å². The van der Waals surface area contributed by atoms with Crippen LogP contribution < -0.4 is 15.8 Å². The van der Waals surface area contributed by atoms with Crippen molar-refractivity contribution >= 4 is 23.4 Å². The molecule has 0 saturated carbocycles. The van der Waals surface area contributed by atoms with Gasteiger partial charge in [-0.2, -0.15) is 0 Å². The highest BCUT2D eigenvalue weighted by molar-refractivity contribution is 7.99. The summed E-state index contributed by atoms with van der Waals surface area (Å²) >= 11 is 1.38. The number of nitrogens with zero attached hydrogens (tertiary/aromatic N) is 1. The average molecular weight is 327 g/mol. The Labute approximate surface area is 133 Å². The lowest BCUT2D eigenvalue weighted by molar-refractivity contribution is -0.385. The molecule has 1 aromatic rings. The molecule has 0 unspecified atom stereocenters. The van der Waals surface area contributed by atoms with Gasteiger partial charge in [-0.05, 0) is 25.5 Å². The monoisotopic (exact) mass is 327 g/mol. The molecule has 1 rings (SSSR count). The predicted molar refractivity (Wildman–Crippen MR) is 87.1 cm³/mol. The number of benzene rings is 1. The molecule has 0 saturated heterocycles. The normalized spacial score (nSPS) is 11.1. The van der Waals surface area contributed by atoms with Gasteiger partial charge in [-0.1, -0.05) is 6.07 Å². The third kappa shape index (κ3) is 6.31. The number of carbonyl (C=O) groups is 1. The number of nitrogens with one attached hydrogen (secondary N) is 1. The number of hydrogen-bond donors (Lipinski definition) is 2. The van der Waals surface area contributed by atoms with Crippen LogP contribution in [0.4, 0.5) is 5.69 Å². The van der Waals surface area contributed by atoms with Crippen LogP contribution in [0.25, 0.3) is 0 Å². The van der Waals surface area contributed by atoms with Crippen LogP contribution in [-0.2, 0) is 10.5 Å². The zero-order chi connectivity index (χ0) is 16.8. The molecule has 22 heavy (non-hydrogen) atoms. The molecule has 0 aromatic heterocycles. The first-order valence-corrected chi connectivity index (χ1v) is 7.83. The van der Waals surface area contributed by atoms with E-state index in [0.717, 1.165) is 5.56 Å². The Kier molecular flexibility index (Phi) is 6.63.